The molecule has 0 saturated carbocycles. The van der Waals surface area contributed by atoms with Crippen molar-refractivity contribution in [1.29, 1.82) is 0 Å². The van der Waals surface area contributed by atoms with Gasteiger partial charge in [-0.25, -0.2) is 9.97 Å². The van der Waals surface area contributed by atoms with Crippen molar-refractivity contribution in [2.45, 2.75) is 12.8 Å². The third-order valence-corrected chi connectivity index (χ3v) is 3.27. The number of nitrogens with one attached hydrogen (secondary N) is 1. The summed E-state index contributed by atoms with van der Waals surface area (Å²) in [6.07, 6.45) is 4.09. The van der Waals surface area contributed by atoms with Crippen molar-refractivity contribution in [2.75, 3.05) is 29.0 Å². The van der Waals surface area contributed by atoms with Gasteiger partial charge in [0.2, 0.25) is 0 Å². The van der Waals surface area contributed by atoms with Crippen LogP contribution in [0.25, 0.3) is 0 Å². The molecule has 3 rings (SSSR count). The molecule has 1 saturated heterocycles. The summed E-state index contributed by atoms with van der Waals surface area (Å²) in [6, 6.07) is 9.59. The topological polar surface area (TPSA) is 67.1 Å². The van der Waals surface area contributed by atoms with E-state index in [-0.39, 0.29) is 0 Å². The van der Waals surface area contributed by atoms with Gasteiger partial charge in [-0.3, -0.25) is 0 Å². The van der Waals surface area contributed by atoms with Crippen LogP contribution in [0.4, 0.5) is 23.0 Å². The smallest absolute Gasteiger partial charge is 0.135 e. The summed E-state index contributed by atoms with van der Waals surface area (Å²) < 4.78 is 0. The monoisotopic (exact) mass is 255 g/mol. The Morgan fingerprint density at radius 2 is 1.79 bits per heavy atom. The first-order valence-electron chi connectivity index (χ1n) is 6.51. The summed E-state index contributed by atoms with van der Waals surface area (Å²) >= 11 is 0. The third-order valence-electron chi connectivity index (χ3n) is 3.27. The molecule has 1 fully saturated rings. The van der Waals surface area contributed by atoms with E-state index >= 15 is 0 Å². The molecule has 2 heterocycles. The van der Waals surface area contributed by atoms with E-state index in [1.54, 1.807) is 6.33 Å². The number of rotatable bonds is 3. The van der Waals surface area contributed by atoms with E-state index in [1.807, 2.05) is 30.3 Å². The van der Waals surface area contributed by atoms with Crippen molar-refractivity contribution in [1.82, 2.24) is 9.97 Å². The van der Waals surface area contributed by atoms with Gasteiger partial charge in [0.1, 0.15) is 18.0 Å². The van der Waals surface area contributed by atoms with Crippen LogP contribution in [0.2, 0.25) is 0 Å². The van der Waals surface area contributed by atoms with Crippen LogP contribution in [-0.4, -0.2) is 23.1 Å². The molecule has 1 aromatic carbocycles. The molecule has 5 nitrogen and oxygen atoms in total. The minimum absolute atomic E-state index is 0.756. The lowest BCUT2D eigenvalue weighted by Gasteiger charge is -2.16. The number of aromatic nitrogens is 2. The van der Waals surface area contributed by atoms with Gasteiger partial charge in [-0.15, -0.1) is 0 Å². The standard InChI is InChI=1S/C14H17N5/c15-11-3-5-12(6-4-11)18-13-9-14(17-10-16-13)19-7-1-2-8-19/h3-6,9-10H,1-2,7-8,15H2,(H,16,17,18). The lowest BCUT2D eigenvalue weighted by Crippen LogP contribution is -2.19. The Bertz CT molecular complexity index is 546. The Hall–Kier alpha value is -2.30. The summed E-state index contributed by atoms with van der Waals surface area (Å²) in [6.45, 7) is 2.16. The van der Waals surface area contributed by atoms with Gasteiger partial charge in [0, 0.05) is 30.5 Å². The van der Waals surface area contributed by atoms with Gasteiger partial charge in [0.25, 0.3) is 0 Å². The molecule has 5 heteroatoms. The molecule has 0 unspecified atom stereocenters. The molecule has 1 aliphatic rings. The fourth-order valence-corrected chi connectivity index (χ4v) is 2.25. The first-order chi connectivity index (χ1) is 9.31. The highest BCUT2D eigenvalue weighted by atomic mass is 15.2. The SMILES string of the molecule is Nc1ccc(Nc2cc(N3CCCC3)ncn2)cc1. The predicted molar refractivity (Wildman–Crippen MR) is 77.6 cm³/mol. The zero-order valence-electron chi connectivity index (χ0n) is 10.7. The van der Waals surface area contributed by atoms with E-state index in [9.17, 15) is 0 Å². The van der Waals surface area contributed by atoms with Crippen LogP contribution in [0.5, 0.6) is 0 Å². The van der Waals surface area contributed by atoms with E-state index in [4.69, 9.17) is 5.73 Å². The van der Waals surface area contributed by atoms with Crippen LogP contribution >= 0.6 is 0 Å². The van der Waals surface area contributed by atoms with Crippen LogP contribution in [0, 0.1) is 0 Å². The minimum atomic E-state index is 0.756. The predicted octanol–water partition coefficient (Wildman–Crippen LogP) is 2.40. The first-order valence-corrected chi connectivity index (χ1v) is 6.51. The minimum Gasteiger partial charge on any atom is -0.399 e. The number of anilines is 4. The van der Waals surface area contributed by atoms with Crippen molar-refractivity contribution < 1.29 is 0 Å². The molecule has 1 aromatic heterocycles. The molecule has 0 radical (unpaired) electrons. The van der Waals surface area contributed by atoms with Gasteiger partial charge in [-0.05, 0) is 37.1 Å². The van der Waals surface area contributed by atoms with Crippen LogP contribution < -0.4 is 16.0 Å². The average molecular weight is 255 g/mol. The molecular weight excluding hydrogens is 238 g/mol. The highest BCUT2D eigenvalue weighted by molar-refractivity contribution is 5.61. The van der Waals surface area contributed by atoms with E-state index in [2.05, 4.69) is 20.2 Å². The van der Waals surface area contributed by atoms with Crippen molar-refractivity contribution in [2.24, 2.45) is 0 Å². The fourth-order valence-electron chi connectivity index (χ4n) is 2.25. The highest BCUT2D eigenvalue weighted by Crippen LogP contribution is 2.21. The normalized spacial score (nSPS) is 14.6. The Kier molecular flexibility index (Phi) is 3.18. The zero-order chi connectivity index (χ0) is 13.1. The number of nitrogens with two attached hydrogens (primary N) is 1. The second-order valence-electron chi connectivity index (χ2n) is 4.70. The number of nitrogen functional groups attached to an aromatic ring is 1. The molecule has 19 heavy (non-hydrogen) atoms. The van der Waals surface area contributed by atoms with E-state index in [0.717, 1.165) is 36.1 Å². The molecule has 0 amide bonds. The van der Waals surface area contributed by atoms with E-state index in [1.165, 1.54) is 12.8 Å². The van der Waals surface area contributed by atoms with Gasteiger partial charge in [-0.2, -0.15) is 0 Å². The van der Waals surface area contributed by atoms with Crippen molar-refractivity contribution in [3.05, 3.63) is 36.7 Å². The van der Waals surface area contributed by atoms with Gasteiger partial charge < -0.3 is 16.0 Å². The van der Waals surface area contributed by atoms with Crippen molar-refractivity contribution in [3.63, 3.8) is 0 Å². The number of benzene rings is 1. The van der Waals surface area contributed by atoms with Gasteiger partial charge in [-0.1, -0.05) is 0 Å². The molecule has 98 valence electrons. The molecule has 0 spiro atoms. The quantitative estimate of drug-likeness (QED) is 0.824. The van der Waals surface area contributed by atoms with Crippen molar-refractivity contribution in [3.8, 4) is 0 Å². The molecular formula is C14H17N5. The maximum Gasteiger partial charge on any atom is 0.135 e. The van der Waals surface area contributed by atoms with Crippen LogP contribution in [-0.2, 0) is 0 Å². The van der Waals surface area contributed by atoms with Crippen LogP contribution in [0.3, 0.4) is 0 Å². The Labute approximate surface area is 112 Å². The third kappa shape index (κ3) is 2.76. The molecule has 1 aliphatic heterocycles. The van der Waals surface area contributed by atoms with Gasteiger partial charge >= 0.3 is 0 Å². The maximum atomic E-state index is 5.67. The number of nitrogens with zero attached hydrogens (tertiary/aromatic N) is 3. The van der Waals surface area contributed by atoms with E-state index < -0.39 is 0 Å². The van der Waals surface area contributed by atoms with Gasteiger partial charge in [0.05, 0.1) is 0 Å². The molecule has 2 aromatic rings. The summed E-state index contributed by atoms with van der Waals surface area (Å²) in [4.78, 5) is 10.9. The summed E-state index contributed by atoms with van der Waals surface area (Å²) in [7, 11) is 0. The lowest BCUT2D eigenvalue weighted by atomic mass is 10.3. The first kappa shape index (κ1) is 11.8. The number of hydrogen-bond acceptors (Lipinski definition) is 5. The molecule has 0 bridgehead atoms. The summed E-state index contributed by atoms with van der Waals surface area (Å²) in [5.41, 5.74) is 7.39. The number of hydrogen-bond donors (Lipinski definition) is 2. The molecule has 0 atom stereocenters. The second kappa shape index (κ2) is 5.14. The largest absolute Gasteiger partial charge is 0.399 e. The highest BCUT2D eigenvalue weighted by Gasteiger charge is 2.13. The Morgan fingerprint density at radius 3 is 2.53 bits per heavy atom. The summed E-state index contributed by atoms with van der Waals surface area (Å²) in [5.74, 6) is 1.80. The Balaban J connectivity index is 1.77. The molecule has 3 N–H and O–H groups in total. The zero-order valence-corrected chi connectivity index (χ0v) is 10.7. The van der Waals surface area contributed by atoms with Gasteiger partial charge in [0.15, 0.2) is 0 Å². The fraction of sp³-hybridized carbons (Fsp3) is 0.286. The maximum absolute atomic E-state index is 5.67. The second-order valence-corrected chi connectivity index (χ2v) is 4.70. The van der Waals surface area contributed by atoms with Crippen LogP contribution in [0.15, 0.2) is 36.7 Å². The average Bonchev–Trinajstić information content (AvgIpc) is 2.96. The van der Waals surface area contributed by atoms with Crippen molar-refractivity contribution >= 4 is 23.0 Å². The Morgan fingerprint density at radius 1 is 1.05 bits per heavy atom. The van der Waals surface area contributed by atoms with Crippen LogP contribution in [0.1, 0.15) is 12.8 Å². The molecule has 0 aliphatic carbocycles. The lowest BCUT2D eigenvalue weighted by molar-refractivity contribution is 0.928. The van der Waals surface area contributed by atoms with E-state index in [0.29, 0.717) is 0 Å². The summed E-state index contributed by atoms with van der Waals surface area (Å²) in [5, 5.41) is 3.26.